The number of aromatic nitrogens is 1. The number of anilines is 1. The van der Waals surface area contributed by atoms with Gasteiger partial charge in [0.2, 0.25) is 5.89 Å². The van der Waals surface area contributed by atoms with Crippen LogP contribution >= 0.6 is 27.7 Å². The van der Waals surface area contributed by atoms with Crippen molar-refractivity contribution in [3.63, 3.8) is 0 Å². The highest BCUT2D eigenvalue weighted by Crippen LogP contribution is 2.31. The Hall–Kier alpha value is -1.46. The van der Waals surface area contributed by atoms with Crippen molar-refractivity contribution in [1.29, 1.82) is 0 Å². The number of rotatable bonds is 3. The van der Waals surface area contributed by atoms with Crippen LogP contribution in [0.25, 0.3) is 11.1 Å². The summed E-state index contributed by atoms with van der Waals surface area (Å²) in [5, 5.41) is 0. The van der Waals surface area contributed by atoms with Crippen LogP contribution in [0.3, 0.4) is 0 Å². The molecule has 0 radical (unpaired) electrons. The summed E-state index contributed by atoms with van der Waals surface area (Å²) >= 11 is 5.20. The van der Waals surface area contributed by atoms with Crippen LogP contribution in [0, 0.1) is 0 Å². The third-order valence-electron chi connectivity index (χ3n) is 2.68. The minimum atomic E-state index is 0.651. The largest absolute Gasteiger partial charge is 0.440 e. The summed E-state index contributed by atoms with van der Waals surface area (Å²) in [5.74, 6) is 1.37. The average Bonchev–Trinajstić information content (AvgIpc) is 2.82. The molecule has 0 amide bonds. The molecule has 0 atom stereocenters. The summed E-state index contributed by atoms with van der Waals surface area (Å²) in [6.07, 6.45) is 0. The van der Waals surface area contributed by atoms with Gasteiger partial charge in [0.25, 0.3) is 0 Å². The molecule has 3 aromatic rings. The van der Waals surface area contributed by atoms with E-state index < -0.39 is 0 Å². The van der Waals surface area contributed by atoms with Gasteiger partial charge in [0.1, 0.15) is 5.52 Å². The predicted octanol–water partition coefficient (Wildman–Crippen LogP) is 4.46. The number of thioether (sulfide) groups is 1. The summed E-state index contributed by atoms with van der Waals surface area (Å²) in [4.78, 5) is 5.59. The maximum Gasteiger partial charge on any atom is 0.205 e. The standard InChI is InChI=1S/C14H11BrN2OS/c15-9-4-1-2-7-12(9)19-8-13-17-14-10(16)5-3-6-11(14)18-13/h1-7H,8,16H2. The molecule has 0 spiro atoms. The van der Waals surface area contributed by atoms with Crippen molar-refractivity contribution in [1.82, 2.24) is 4.98 Å². The zero-order valence-electron chi connectivity index (χ0n) is 9.97. The molecule has 1 aromatic heterocycles. The Morgan fingerprint density at radius 1 is 1.16 bits per heavy atom. The number of nitrogens with two attached hydrogens (primary N) is 1. The summed E-state index contributed by atoms with van der Waals surface area (Å²) in [6.45, 7) is 0. The van der Waals surface area contributed by atoms with Crippen molar-refractivity contribution in [3.8, 4) is 0 Å². The molecule has 3 nitrogen and oxygen atoms in total. The van der Waals surface area contributed by atoms with Crippen LogP contribution in [0.15, 0.2) is 56.2 Å². The second kappa shape index (κ2) is 5.27. The minimum absolute atomic E-state index is 0.651. The molecule has 3 rings (SSSR count). The van der Waals surface area contributed by atoms with Crippen molar-refractivity contribution in [2.75, 3.05) is 5.73 Å². The van der Waals surface area contributed by atoms with Gasteiger partial charge in [-0.15, -0.1) is 11.8 Å². The number of nitrogen functional groups attached to an aromatic ring is 1. The van der Waals surface area contributed by atoms with Crippen molar-refractivity contribution >= 4 is 44.5 Å². The molecule has 1 heterocycles. The van der Waals surface area contributed by atoms with Crippen LogP contribution in [0.4, 0.5) is 5.69 Å². The van der Waals surface area contributed by atoms with Crippen LogP contribution in [0.1, 0.15) is 5.89 Å². The second-order valence-corrected chi connectivity index (χ2v) is 5.89. The number of halogens is 1. The topological polar surface area (TPSA) is 52.0 Å². The first kappa shape index (κ1) is 12.6. The Balaban J connectivity index is 1.83. The molecular formula is C14H11BrN2OS. The molecular weight excluding hydrogens is 324 g/mol. The fraction of sp³-hybridized carbons (Fsp3) is 0.0714. The summed E-state index contributed by atoms with van der Waals surface area (Å²) < 4.78 is 6.76. The van der Waals surface area contributed by atoms with Gasteiger partial charge in [-0.05, 0) is 40.2 Å². The first-order valence-electron chi connectivity index (χ1n) is 5.75. The number of nitrogens with zero attached hydrogens (tertiary/aromatic N) is 1. The highest BCUT2D eigenvalue weighted by molar-refractivity contribution is 9.10. The van der Waals surface area contributed by atoms with Gasteiger partial charge >= 0.3 is 0 Å². The predicted molar refractivity (Wildman–Crippen MR) is 82.1 cm³/mol. The minimum Gasteiger partial charge on any atom is -0.440 e. The Labute approximate surface area is 123 Å². The van der Waals surface area contributed by atoms with Gasteiger partial charge in [0.15, 0.2) is 5.58 Å². The van der Waals surface area contributed by atoms with E-state index in [9.17, 15) is 0 Å². The van der Waals surface area contributed by atoms with Gasteiger partial charge in [0, 0.05) is 9.37 Å². The van der Waals surface area contributed by atoms with E-state index in [4.69, 9.17) is 10.2 Å². The van der Waals surface area contributed by atoms with E-state index in [1.54, 1.807) is 11.8 Å². The number of para-hydroxylation sites is 1. The molecule has 0 fully saturated rings. The molecule has 0 aliphatic carbocycles. The summed E-state index contributed by atoms with van der Waals surface area (Å²) in [6, 6.07) is 13.7. The van der Waals surface area contributed by atoms with Gasteiger partial charge < -0.3 is 10.2 Å². The number of hydrogen-bond acceptors (Lipinski definition) is 4. The van der Waals surface area contributed by atoms with E-state index in [2.05, 4.69) is 27.0 Å². The van der Waals surface area contributed by atoms with Crippen molar-refractivity contribution in [3.05, 3.63) is 52.8 Å². The first-order valence-corrected chi connectivity index (χ1v) is 7.53. The maximum absolute atomic E-state index is 5.86. The quantitative estimate of drug-likeness (QED) is 0.567. The lowest BCUT2D eigenvalue weighted by molar-refractivity contribution is 0.556. The van der Waals surface area contributed by atoms with Crippen LogP contribution in [-0.2, 0) is 5.75 Å². The second-order valence-electron chi connectivity index (χ2n) is 4.02. The molecule has 5 heteroatoms. The Morgan fingerprint density at radius 2 is 2.00 bits per heavy atom. The molecule has 2 aromatic carbocycles. The molecule has 0 saturated heterocycles. The van der Waals surface area contributed by atoms with E-state index >= 15 is 0 Å². The first-order chi connectivity index (χ1) is 9.24. The van der Waals surface area contributed by atoms with Gasteiger partial charge in [-0.1, -0.05) is 18.2 Å². The van der Waals surface area contributed by atoms with E-state index in [0.29, 0.717) is 17.3 Å². The van der Waals surface area contributed by atoms with Crippen molar-refractivity contribution in [2.45, 2.75) is 10.6 Å². The van der Waals surface area contributed by atoms with E-state index in [-0.39, 0.29) is 0 Å². The highest BCUT2D eigenvalue weighted by Gasteiger charge is 2.09. The SMILES string of the molecule is Nc1cccc2oc(CSc3ccccc3Br)nc12. The van der Waals surface area contributed by atoms with Gasteiger partial charge in [-0.25, -0.2) is 4.98 Å². The third kappa shape index (κ3) is 2.62. The monoisotopic (exact) mass is 334 g/mol. The Kier molecular flexibility index (Phi) is 3.48. The molecule has 2 N–H and O–H groups in total. The molecule has 0 aliphatic rings. The number of fused-ring (bicyclic) bond motifs is 1. The highest BCUT2D eigenvalue weighted by atomic mass is 79.9. The lowest BCUT2D eigenvalue weighted by atomic mass is 10.3. The smallest absolute Gasteiger partial charge is 0.205 e. The average molecular weight is 335 g/mol. The van der Waals surface area contributed by atoms with Crippen LogP contribution in [0.5, 0.6) is 0 Å². The molecule has 0 saturated carbocycles. The molecule has 96 valence electrons. The fourth-order valence-electron chi connectivity index (χ4n) is 1.78. The summed E-state index contributed by atoms with van der Waals surface area (Å²) in [7, 11) is 0. The van der Waals surface area contributed by atoms with Crippen LogP contribution in [-0.4, -0.2) is 4.98 Å². The molecule has 0 bridgehead atoms. The lowest BCUT2D eigenvalue weighted by Crippen LogP contribution is -1.85. The van der Waals surface area contributed by atoms with Crippen molar-refractivity contribution in [2.24, 2.45) is 0 Å². The zero-order chi connectivity index (χ0) is 13.2. The lowest BCUT2D eigenvalue weighted by Gasteiger charge is -2.00. The Bertz CT molecular complexity index is 726. The van der Waals surface area contributed by atoms with E-state index in [0.717, 1.165) is 20.5 Å². The van der Waals surface area contributed by atoms with E-state index in [1.807, 2.05) is 36.4 Å². The van der Waals surface area contributed by atoms with Crippen molar-refractivity contribution < 1.29 is 4.42 Å². The summed E-state index contributed by atoms with van der Waals surface area (Å²) in [5.41, 5.74) is 8.00. The Morgan fingerprint density at radius 3 is 2.79 bits per heavy atom. The fourth-order valence-corrected chi connectivity index (χ4v) is 3.19. The number of hydrogen-bond donors (Lipinski definition) is 1. The zero-order valence-corrected chi connectivity index (χ0v) is 12.4. The van der Waals surface area contributed by atoms with Crippen LogP contribution < -0.4 is 5.73 Å². The molecule has 0 unspecified atom stereocenters. The van der Waals surface area contributed by atoms with Crippen LogP contribution in [0.2, 0.25) is 0 Å². The van der Waals surface area contributed by atoms with Gasteiger partial charge in [0.05, 0.1) is 11.4 Å². The van der Waals surface area contributed by atoms with E-state index in [1.165, 1.54) is 0 Å². The van der Waals surface area contributed by atoms with Gasteiger partial charge in [-0.2, -0.15) is 0 Å². The third-order valence-corrected chi connectivity index (χ3v) is 4.69. The number of oxazole rings is 1. The molecule has 19 heavy (non-hydrogen) atoms. The van der Waals surface area contributed by atoms with Gasteiger partial charge in [-0.3, -0.25) is 0 Å². The number of benzene rings is 2. The molecule has 0 aliphatic heterocycles. The maximum atomic E-state index is 5.86. The normalized spacial score (nSPS) is 11.0.